The minimum Gasteiger partial charge on any atom is -0.456 e. The Kier molecular flexibility index (Phi) is 5.05. The van der Waals surface area contributed by atoms with Crippen molar-refractivity contribution in [1.82, 2.24) is 9.38 Å². The van der Waals surface area contributed by atoms with Crippen LogP contribution in [0.5, 0.6) is 5.75 Å². The lowest BCUT2D eigenvalue weighted by Gasteiger charge is -2.30. The zero-order valence-electron chi connectivity index (χ0n) is 20.1. The molecule has 0 unspecified atom stereocenters. The van der Waals surface area contributed by atoms with E-state index in [0.717, 1.165) is 44.8 Å². The number of hydrogen-bond acceptors (Lipinski definition) is 4. The maximum Gasteiger partial charge on any atom is 0.274 e. The predicted octanol–water partition coefficient (Wildman–Crippen LogP) is 6.35. The molecule has 3 heterocycles. The van der Waals surface area contributed by atoms with Crippen LogP contribution in [0.15, 0.2) is 113 Å². The fraction of sp³-hybridized carbons (Fsp3) is 0.0625. The number of hydrogen-bond donors (Lipinski definition) is 0. The minimum atomic E-state index is -0.0914. The molecule has 0 amide bonds. The molecule has 7 rings (SSSR count). The van der Waals surface area contributed by atoms with E-state index in [4.69, 9.17) is 9.72 Å². The second-order valence-electron chi connectivity index (χ2n) is 9.27. The highest BCUT2D eigenvalue weighted by Crippen LogP contribution is 2.46. The number of thiazole rings is 1. The lowest BCUT2D eigenvalue weighted by atomic mass is 9.81. The van der Waals surface area contributed by atoms with Crippen LogP contribution in [0.3, 0.4) is 0 Å². The Labute approximate surface area is 217 Å². The molecule has 0 saturated carbocycles. The molecule has 5 heteroatoms. The molecule has 0 spiro atoms. The number of aryl methyl sites for hydroxylation is 1. The third-order valence-electron chi connectivity index (χ3n) is 6.89. The highest BCUT2D eigenvalue weighted by molar-refractivity contribution is 7.15. The van der Waals surface area contributed by atoms with Crippen LogP contribution >= 0.6 is 11.3 Å². The second-order valence-corrected chi connectivity index (χ2v) is 10.3. The van der Waals surface area contributed by atoms with Gasteiger partial charge in [-0.05, 0) is 36.8 Å². The first-order chi connectivity index (χ1) is 18.2. The summed E-state index contributed by atoms with van der Waals surface area (Å²) in [6.07, 6.45) is 2.01. The van der Waals surface area contributed by atoms with Crippen LogP contribution in [-0.4, -0.2) is 9.38 Å². The summed E-state index contributed by atoms with van der Waals surface area (Å²) < 4.78 is 8.92. The van der Waals surface area contributed by atoms with Crippen molar-refractivity contribution in [3.63, 3.8) is 0 Å². The van der Waals surface area contributed by atoms with Gasteiger partial charge in [-0.1, -0.05) is 102 Å². The van der Waals surface area contributed by atoms with Crippen molar-refractivity contribution in [3.05, 3.63) is 146 Å². The number of fused-ring (bicyclic) bond motifs is 4. The number of allylic oxidation sites excluding steroid dienone is 1. The highest BCUT2D eigenvalue weighted by atomic mass is 32.1. The van der Waals surface area contributed by atoms with Crippen molar-refractivity contribution < 1.29 is 4.74 Å². The summed E-state index contributed by atoms with van der Waals surface area (Å²) in [5.74, 6) is 1.50. The molecule has 2 aromatic heterocycles. The van der Waals surface area contributed by atoms with Gasteiger partial charge in [-0.3, -0.25) is 4.79 Å². The lowest BCUT2D eigenvalue weighted by Crippen LogP contribution is -2.24. The van der Waals surface area contributed by atoms with Crippen molar-refractivity contribution in [2.45, 2.75) is 12.8 Å². The van der Waals surface area contributed by atoms with E-state index in [1.807, 2.05) is 66.7 Å². The van der Waals surface area contributed by atoms with E-state index < -0.39 is 0 Å². The molecule has 4 aromatic carbocycles. The number of imidazole rings is 1. The average molecular weight is 499 g/mol. The van der Waals surface area contributed by atoms with E-state index in [1.54, 1.807) is 4.40 Å². The predicted molar refractivity (Wildman–Crippen MR) is 150 cm³/mol. The van der Waals surface area contributed by atoms with Crippen molar-refractivity contribution in [2.75, 3.05) is 0 Å². The van der Waals surface area contributed by atoms with Crippen molar-refractivity contribution in [3.8, 4) is 5.75 Å². The van der Waals surface area contributed by atoms with Crippen LogP contribution in [0.1, 0.15) is 28.2 Å². The van der Waals surface area contributed by atoms with Gasteiger partial charge in [0.25, 0.3) is 5.56 Å². The fourth-order valence-corrected chi connectivity index (χ4v) is 6.09. The zero-order valence-corrected chi connectivity index (χ0v) is 20.9. The Morgan fingerprint density at radius 2 is 1.59 bits per heavy atom. The Hall–Kier alpha value is -4.48. The summed E-state index contributed by atoms with van der Waals surface area (Å²) in [5.41, 5.74) is 6.96. The van der Waals surface area contributed by atoms with Gasteiger partial charge in [-0.2, -0.15) is 0 Å². The monoisotopic (exact) mass is 498 g/mol. The zero-order chi connectivity index (χ0) is 24.9. The van der Waals surface area contributed by atoms with Gasteiger partial charge in [0.1, 0.15) is 11.5 Å². The molecular formula is C32H22N2O2S. The average Bonchev–Trinajstić information content (AvgIpc) is 3.45. The molecule has 1 atom stereocenters. The molecule has 4 nitrogen and oxygen atoms in total. The molecular weight excluding hydrogens is 476 g/mol. The number of nitrogens with zero attached hydrogens (tertiary/aromatic N) is 2. The van der Waals surface area contributed by atoms with E-state index >= 15 is 0 Å². The molecule has 0 bridgehead atoms. The summed E-state index contributed by atoms with van der Waals surface area (Å²) >= 11 is 1.42. The SMILES string of the molecule is Cc1ccc([C@@H]2C(/C=c3\sc4nc5ccccc5n4c3=O)=C(c3ccccc3)Oc3ccccc32)cc1. The van der Waals surface area contributed by atoms with Crippen LogP contribution in [0, 0.1) is 6.92 Å². The quantitative estimate of drug-likeness (QED) is 0.285. The fourth-order valence-electron chi connectivity index (χ4n) is 5.11. The van der Waals surface area contributed by atoms with Gasteiger partial charge in [-0.25, -0.2) is 9.38 Å². The van der Waals surface area contributed by atoms with Gasteiger partial charge in [-0.15, -0.1) is 0 Å². The molecule has 0 saturated heterocycles. The first-order valence-electron chi connectivity index (χ1n) is 12.2. The smallest absolute Gasteiger partial charge is 0.274 e. The third-order valence-corrected chi connectivity index (χ3v) is 7.86. The van der Waals surface area contributed by atoms with E-state index in [2.05, 4.69) is 49.4 Å². The van der Waals surface area contributed by atoms with Crippen molar-refractivity contribution in [2.24, 2.45) is 0 Å². The van der Waals surface area contributed by atoms with Gasteiger partial charge in [0, 0.05) is 22.6 Å². The van der Waals surface area contributed by atoms with E-state index in [1.165, 1.54) is 16.9 Å². The van der Waals surface area contributed by atoms with Crippen molar-refractivity contribution >= 4 is 39.2 Å². The maximum atomic E-state index is 13.7. The van der Waals surface area contributed by atoms with Gasteiger partial charge >= 0.3 is 0 Å². The van der Waals surface area contributed by atoms with E-state index in [9.17, 15) is 4.79 Å². The van der Waals surface area contributed by atoms with E-state index in [0.29, 0.717) is 9.49 Å². The topological polar surface area (TPSA) is 43.6 Å². The van der Waals surface area contributed by atoms with E-state index in [-0.39, 0.29) is 11.5 Å². The summed E-state index contributed by atoms with van der Waals surface area (Å²) in [5, 5.41) is 0. The molecule has 37 heavy (non-hydrogen) atoms. The number of para-hydroxylation sites is 3. The van der Waals surface area contributed by atoms with Gasteiger partial charge in [0.15, 0.2) is 4.96 Å². The first kappa shape index (κ1) is 21.8. The van der Waals surface area contributed by atoms with Crippen LogP contribution in [0.4, 0.5) is 0 Å². The molecule has 0 aliphatic carbocycles. The normalized spacial score (nSPS) is 15.8. The van der Waals surface area contributed by atoms with Crippen LogP contribution < -0.4 is 14.8 Å². The second kappa shape index (κ2) is 8.57. The van der Waals surface area contributed by atoms with Gasteiger partial charge in [0.2, 0.25) is 0 Å². The summed E-state index contributed by atoms with van der Waals surface area (Å²) in [6.45, 7) is 2.09. The van der Waals surface area contributed by atoms with Gasteiger partial charge < -0.3 is 4.74 Å². The standard InChI is InChI=1S/C32H22N2O2S/c1-20-15-17-21(18-16-20)29-23-11-5-8-14-27(23)36-30(22-9-3-2-4-10-22)24(29)19-28-31(35)34-26-13-7-6-12-25(26)33-32(34)37-28/h2-19,29H,1H3/b28-19-/t29-/m0/s1. The van der Waals surface area contributed by atoms with Crippen LogP contribution in [0.25, 0.3) is 27.8 Å². The molecule has 6 aromatic rings. The largest absolute Gasteiger partial charge is 0.456 e. The highest BCUT2D eigenvalue weighted by Gasteiger charge is 2.31. The maximum absolute atomic E-state index is 13.7. The van der Waals surface area contributed by atoms with Gasteiger partial charge in [0.05, 0.1) is 15.6 Å². The molecule has 1 aliphatic heterocycles. The molecule has 1 aliphatic rings. The number of ether oxygens (including phenoxy) is 1. The molecule has 0 N–H and O–H groups in total. The summed E-state index contributed by atoms with van der Waals surface area (Å²) in [6, 6.07) is 34.7. The number of rotatable bonds is 3. The number of aromatic nitrogens is 2. The Bertz CT molecular complexity index is 1930. The van der Waals surface area contributed by atoms with Crippen molar-refractivity contribution in [1.29, 1.82) is 0 Å². The summed E-state index contributed by atoms with van der Waals surface area (Å²) in [7, 11) is 0. The Balaban J connectivity index is 1.54. The third kappa shape index (κ3) is 3.59. The minimum absolute atomic E-state index is 0.0601. The van der Waals surface area contributed by atoms with Crippen LogP contribution in [-0.2, 0) is 0 Å². The number of benzene rings is 4. The Morgan fingerprint density at radius 3 is 2.43 bits per heavy atom. The summed E-state index contributed by atoms with van der Waals surface area (Å²) in [4.78, 5) is 19.1. The lowest BCUT2D eigenvalue weighted by molar-refractivity contribution is 0.488. The molecule has 0 radical (unpaired) electrons. The van der Waals surface area contributed by atoms with Crippen LogP contribution in [0.2, 0.25) is 0 Å². The molecule has 178 valence electrons. The Morgan fingerprint density at radius 1 is 0.865 bits per heavy atom. The molecule has 0 fully saturated rings. The first-order valence-corrected chi connectivity index (χ1v) is 13.0.